The molecule has 0 radical (unpaired) electrons. The van der Waals surface area contributed by atoms with E-state index in [-0.39, 0.29) is 17.8 Å². The zero-order chi connectivity index (χ0) is 22.2. The van der Waals surface area contributed by atoms with Crippen molar-refractivity contribution in [2.24, 2.45) is 23.5 Å². The van der Waals surface area contributed by atoms with Gasteiger partial charge in [0, 0.05) is 0 Å². The van der Waals surface area contributed by atoms with Gasteiger partial charge in [-0.2, -0.15) is 0 Å². The number of nitrogens with two attached hydrogens (primary N) is 1. The van der Waals surface area contributed by atoms with Crippen LogP contribution in [0.4, 0.5) is 0 Å². The van der Waals surface area contributed by atoms with Crippen LogP contribution in [0.3, 0.4) is 0 Å². The van der Waals surface area contributed by atoms with E-state index in [1.807, 2.05) is 6.92 Å². The lowest BCUT2D eigenvalue weighted by Gasteiger charge is -2.29. The molecule has 28 heavy (non-hydrogen) atoms. The molecule has 0 fully saturated rings. The number of carboxylic acids is 1. The van der Waals surface area contributed by atoms with Crippen molar-refractivity contribution in [1.82, 2.24) is 16.0 Å². The van der Waals surface area contributed by atoms with Crippen molar-refractivity contribution >= 4 is 23.7 Å². The van der Waals surface area contributed by atoms with Crippen molar-refractivity contribution in [3.05, 3.63) is 0 Å². The van der Waals surface area contributed by atoms with Crippen LogP contribution < -0.4 is 21.7 Å². The van der Waals surface area contributed by atoms with E-state index in [0.717, 1.165) is 0 Å². The van der Waals surface area contributed by atoms with E-state index in [4.69, 9.17) is 5.73 Å². The molecule has 0 bridgehead atoms. The minimum atomic E-state index is -1.14. The van der Waals surface area contributed by atoms with Gasteiger partial charge in [-0.3, -0.25) is 14.4 Å². The number of carbonyl (C=O) groups is 4. The molecule has 0 aliphatic rings. The topological polar surface area (TPSA) is 151 Å². The van der Waals surface area contributed by atoms with Crippen LogP contribution in [0.5, 0.6) is 0 Å². The number of rotatable bonds is 11. The quantitative estimate of drug-likeness (QED) is 0.335. The Morgan fingerprint density at radius 2 is 1.14 bits per heavy atom. The van der Waals surface area contributed by atoms with Gasteiger partial charge in [0.2, 0.25) is 17.7 Å². The van der Waals surface area contributed by atoms with E-state index < -0.39 is 47.9 Å². The molecule has 0 aromatic carbocycles. The number of hydrogen-bond acceptors (Lipinski definition) is 5. The Morgan fingerprint density at radius 1 is 0.750 bits per heavy atom. The number of carbonyl (C=O) groups excluding carboxylic acids is 3. The largest absolute Gasteiger partial charge is 0.480 e. The Bertz CT molecular complexity index is 563. The van der Waals surface area contributed by atoms with Gasteiger partial charge in [0.25, 0.3) is 0 Å². The zero-order valence-corrected chi connectivity index (χ0v) is 17.9. The van der Waals surface area contributed by atoms with E-state index in [9.17, 15) is 24.3 Å². The second-order valence-electron chi connectivity index (χ2n) is 7.96. The van der Waals surface area contributed by atoms with E-state index in [1.54, 1.807) is 34.6 Å². The zero-order valence-electron chi connectivity index (χ0n) is 17.9. The predicted molar refractivity (Wildman–Crippen MR) is 106 cm³/mol. The van der Waals surface area contributed by atoms with Gasteiger partial charge < -0.3 is 26.8 Å². The van der Waals surface area contributed by atoms with E-state index in [0.29, 0.717) is 6.42 Å². The maximum Gasteiger partial charge on any atom is 0.326 e. The first-order valence-electron chi connectivity index (χ1n) is 9.72. The lowest BCUT2D eigenvalue weighted by molar-refractivity contribution is -0.144. The average Bonchev–Trinajstić information content (AvgIpc) is 2.59. The van der Waals surface area contributed by atoms with Gasteiger partial charge in [0.15, 0.2) is 0 Å². The lowest BCUT2D eigenvalue weighted by atomic mass is 9.95. The molecule has 0 aliphatic heterocycles. The van der Waals surface area contributed by atoms with Gasteiger partial charge in [-0.15, -0.1) is 0 Å². The Kier molecular flexibility index (Phi) is 10.7. The summed E-state index contributed by atoms with van der Waals surface area (Å²) in [6.45, 7) is 12.1. The molecule has 162 valence electrons. The molecule has 0 unspecified atom stereocenters. The van der Waals surface area contributed by atoms with Gasteiger partial charge >= 0.3 is 5.97 Å². The van der Waals surface area contributed by atoms with E-state index in [2.05, 4.69) is 16.0 Å². The summed E-state index contributed by atoms with van der Waals surface area (Å²) in [5, 5.41) is 17.1. The summed E-state index contributed by atoms with van der Waals surface area (Å²) >= 11 is 0. The molecule has 0 rings (SSSR count). The van der Waals surface area contributed by atoms with Crippen molar-refractivity contribution in [3.8, 4) is 0 Å². The van der Waals surface area contributed by atoms with Crippen LogP contribution in [0, 0.1) is 17.8 Å². The lowest BCUT2D eigenvalue weighted by Crippen LogP contribution is -2.60. The number of carboxylic acid groups (broad SMARTS) is 1. The van der Waals surface area contributed by atoms with Crippen LogP contribution >= 0.6 is 0 Å². The van der Waals surface area contributed by atoms with Gasteiger partial charge in [-0.1, -0.05) is 48.0 Å². The highest BCUT2D eigenvalue weighted by molar-refractivity contribution is 5.94. The van der Waals surface area contributed by atoms with Gasteiger partial charge in [-0.25, -0.2) is 4.79 Å². The second-order valence-corrected chi connectivity index (χ2v) is 7.96. The molecule has 5 atom stereocenters. The fourth-order valence-corrected chi connectivity index (χ4v) is 2.52. The minimum Gasteiger partial charge on any atom is -0.480 e. The van der Waals surface area contributed by atoms with Crippen LogP contribution in [0.2, 0.25) is 0 Å². The SMILES string of the molecule is CC[C@H](C)[C@H](NC(=O)[C@@H](NC(=O)[C@H](C)N)C(C)C)C(=O)N[C@H](C(=O)O)C(C)C. The number of amides is 3. The van der Waals surface area contributed by atoms with Gasteiger partial charge in [0.05, 0.1) is 6.04 Å². The summed E-state index contributed by atoms with van der Waals surface area (Å²) in [5.41, 5.74) is 5.55. The highest BCUT2D eigenvalue weighted by Crippen LogP contribution is 2.12. The number of hydrogen-bond donors (Lipinski definition) is 5. The molecule has 0 aliphatic carbocycles. The Morgan fingerprint density at radius 3 is 1.50 bits per heavy atom. The normalized spacial score (nSPS) is 16.6. The van der Waals surface area contributed by atoms with Crippen molar-refractivity contribution in [1.29, 1.82) is 0 Å². The molecule has 0 spiro atoms. The Labute approximate surface area is 167 Å². The average molecular weight is 401 g/mol. The number of nitrogens with one attached hydrogen (secondary N) is 3. The van der Waals surface area contributed by atoms with Crippen LogP contribution in [0.15, 0.2) is 0 Å². The molecule has 0 saturated heterocycles. The summed E-state index contributed by atoms with van der Waals surface area (Å²) in [6, 6.07) is -3.62. The maximum atomic E-state index is 12.8. The first kappa shape index (κ1) is 25.8. The molecule has 9 heteroatoms. The van der Waals surface area contributed by atoms with Crippen LogP contribution in [-0.2, 0) is 19.2 Å². The highest BCUT2D eigenvalue weighted by atomic mass is 16.4. The summed E-state index contributed by atoms with van der Waals surface area (Å²) < 4.78 is 0. The van der Waals surface area contributed by atoms with Crippen LogP contribution in [0.25, 0.3) is 0 Å². The standard InChI is InChI=1S/C19H36N4O5/c1-8-11(6)15(18(26)22-14(10(4)5)19(27)28)23-17(25)13(9(2)3)21-16(24)12(7)20/h9-15H,8,20H2,1-7H3,(H,21,24)(H,22,26)(H,23,25)(H,27,28)/t11-,12-,13-,14-,15-/m0/s1. The Balaban J connectivity index is 5.45. The van der Waals surface area contributed by atoms with Crippen LogP contribution in [0.1, 0.15) is 54.9 Å². The van der Waals surface area contributed by atoms with Crippen molar-refractivity contribution in [2.75, 3.05) is 0 Å². The molecule has 0 aromatic heterocycles. The highest BCUT2D eigenvalue weighted by Gasteiger charge is 2.34. The van der Waals surface area contributed by atoms with Crippen molar-refractivity contribution < 1.29 is 24.3 Å². The van der Waals surface area contributed by atoms with E-state index >= 15 is 0 Å². The summed E-state index contributed by atoms with van der Waals surface area (Å²) in [7, 11) is 0. The molecule has 0 heterocycles. The smallest absolute Gasteiger partial charge is 0.326 e. The minimum absolute atomic E-state index is 0.231. The first-order chi connectivity index (χ1) is 12.8. The monoisotopic (exact) mass is 400 g/mol. The molecule has 9 nitrogen and oxygen atoms in total. The van der Waals surface area contributed by atoms with Gasteiger partial charge in [0.1, 0.15) is 18.1 Å². The van der Waals surface area contributed by atoms with Crippen molar-refractivity contribution in [3.63, 3.8) is 0 Å². The van der Waals surface area contributed by atoms with Crippen LogP contribution in [-0.4, -0.2) is 53.0 Å². The molecule has 0 saturated carbocycles. The predicted octanol–water partition coefficient (Wildman–Crippen LogP) is 0.231. The molecular formula is C19H36N4O5. The third-order valence-corrected chi connectivity index (χ3v) is 4.68. The van der Waals surface area contributed by atoms with Gasteiger partial charge in [-0.05, 0) is 24.7 Å². The maximum absolute atomic E-state index is 12.8. The van der Waals surface area contributed by atoms with E-state index in [1.165, 1.54) is 6.92 Å². The Hall–Kier alpha value is -2.16. The molecule has 6 N–H and O–H groups in total. The summed E-state index contributed by atoms with van der Waals surface area (Å²) in [4.78, 5) is 48.8. The number of aliphatic carboxylic acids is 1. The third kappa shape index (κ3) is 7.84. The first-order valence-corrected chi connectivity index (χ1v) is 9.72. The third-order valence-electron chi connectivity index (χ3n) is 4.68. The fourth-order valence-electron chi connectivity index (χ4n) is 2.52. The molecular weight excluding hydrogens is 364 g/mol. The second kappa shape index (κ2) is 11.6. The molecule has 3 amide bonds. The summed E-state index contributed by atoms with van der Waals surface area (Å²) in [6.07, 6.45) is 0.594. The molecule has 0 aromatic rings. The summed E-state index contributed by atoms with van der Waals surface area (Å²) in [5.74, 6) is -3.46. The van der Waals surface area contributed by atoms with Crippen molar-refractivity contribution in [2.45, 2.75) is 79.1 Å². The fraction of sp³-hybridized carbons (Fsp3) is 0.789.